The summed E-state index contributed by atoms with van der Waals surface area (Å²) in [4.78, 5) is 16.4. The predicted molar refractivity (Wildman–Crippen MR) is 100 cm³/mol. The van der Waals surface area contributed by atoms with Crippen LogP contribution < -0.4 is 4.74 Å². The molecule has 0 fully saturated rings. The summed E-state index contributed by atoms with van der Waals surface area (Å²) in [6.45, 7) is 0.599. The van der Waals surface area contributed by atoms with Crippen molar-refractivity contribution >= 4 is 21.8 Å². The van der Waals surface area contributed by atoms with Gasteiger partial charge in [-0.2, -0.15) is 0 Å². The van der Waals surface area contributed by atoms with Crippen molar-refractivity contribution < 1.29 is 9.53 Å². The third kappa shape index (κ3) is 4.36. The Kier molecular flexibility index (Phi) is 6.40. The van der Waals surface area contributed by atoms with Crippen LogP contribution in [0.2, 0.25) is 0 Å². The number of carbonyl (C=O) groups excluding carboxylic acids is 1. The van der Waals surface area contributed by atoms with E-state index >= 15 is 0 Å². The second kappa shape index (κ2) is 8.31. The largest absolute Gasteiger partial charge is 0.496 e. The molecular weight excluding hydrogens is 368 g/mol. The van der Waals surface area contributed by atoms with E-state index in [-0.39, 0.29) is 11.9 Å². The number of nitrogens with zero attached hydrogens (tertiary/aromatic N) is 2. The maximum Gasteiger partial charge on any atom is 0.244 e. The molecule has 2 rings (SSSR count). The zero-order valence-electron chi connectivity index (χ0n) is 14.5. The highest BCUT2D eigenvalue weighted by molar-refractivity contribution is 9.10. The van der Waals surface area contributed by atoms with Crippen molar-refractivity contribution in [3.63, 3.8) is 0 Å². The number of carbonyl (C=O) groups is 1. The summed E-state index contributed by atoms with van der Waals surface area (Å²) in [5.41, 5.74) is 2.01. The van der Waals surface area contributed by atoms with E-state index in [1.807, 2.05) is 60.5 Å². The van der Waals surface area contributed by atoms with Crippen molar-refractivity contribution in [1.29, 1.82) is 0 Å². The summed E-state index contributed by atoms with van der Waals surface area (Å²) in [5, 5.41) is 0. The Morgan fingerprint density at radius 1 is 1.12 bits per heavy atom. The van der Waals surface area contributed by atoms with E-state index in [4.69, 9.17) is 4.74 Å². The zero-order valence-corrected chi connectivity index (χ0v) is 16.1. The highest BCUT2D eigenvalue weighted by Gasteiger charge is 2.27. The molecule has 0 heterocycles. The maximum atomic E-state index is 12.7. The third-order valence-electron chi connectivity index (χ3n) is 3.89. The van der Waals surface area contributed by atoms with E-state index in [9.17, 15) is 4.79 Å². The molecule has 0 saturated heterocycles. The van der Waals surface area contributed by atoms with Crippen LogP contribution in [-0.2, 0) is 11.3 Å². The number of rotatable bonds is 6. The standard InChI is InChI=1S/C19H23BrN2O2/c1-21(2)19(23)18(14-8-6-5-7-9-14)22(3)13-15-12-16(20)10-11-17(15)24-4/h5-12,18H,13H2,1-4H3/t18-/m1/s1. The Balaban J connectivity index is 2.33. The molecule has 128 valence electrons. The SMILES string of the molecule is COc1ccc(Br)cc1CN(C)[C@@H](C(=O)N(C)C)c1ccccc1. The lowest BCUT2D eigenvalue weighted by Crippen LogP contribution is -2.37. The van der Waals surface area contributed by atoms with Crippen LogP contribution in [0, 0.1) is 0 Å². The molecule has 0 unspecified atom stereocenters. The van der Waals surface area contributed by atoms with Gasteiger partial charge in [0.15, 0.2) is 0 Å². The Labute approximate surface area is 152 Å². The van der Waals surface area contributed by atoms with E-state index in [0.717, 1.165) is 21.3 Å². The molecule has 0 radical (unpaired) electrons. The van der Waals surface area contributed by atoms with Crippen molar-refractivity contribution in [1.82, 2.24) is 9.80 Å². The summed E-state index contributed by atoms with van der Waals surface area (Å²) in [6.07, 6.45) is 0. The minimum absolute atomic E-state index is 0.0534. The summed E-state index contributed by atoms with van der Waals surface area (Å²) >= 11 is 3.50. The van der Waals surface area contributed by atoms with Gasteiger partial charge in [0.25, 0.3) is 0 Å². The lowest BCUT2D eigenvalue weighted by atomic mass is 10.0. The number of hydrogen-bond acceptors (Lipinski definition) is 3. The second-order valence-corrected chi connectivity index (χ2v) is 6.83. The molecule has 0 aliphatic heterocycles. The molecule has 0 aliphatic rings. The molecule has 0 aromatic heterocycles. The van der Waals surface area contributed by atoms with E-state index < -0.39 is 0 Å². The van der Waals surface area contributed by atoms with E-state index in [1.165, 1.54) is 0 Å². The van der Waals surface area contributed by atoms with Gasteiger partial charge in [0.1, 0.15) is 11.8 Å². The zero-order chi connectivity index (χ0) is 17.7. The molecule has 0 spiro atoms. The van der Waals surface area contributed by atoms with E-state index in [1.54, 1.807) is 26.1 Å². The molecule has 1 amide bonds. The van der Waals surface area contributed by atoms with Gasteiger partial charge >= 0.3 is 0 Å². The first-order valence-electron chi connectivity index (χ1n) is 7.72. The normalized spacial score (nSPS) is 12.1. The molecule has 2 aromatic carbocycles. The Morgan fingerprint density at radius 2 is 1.79 bits per heavy atom. The molecule has 0 N–H and O–H groups in total. The highest BCUT2D eigenvalue weighted by Crippen LogP contribution is 2.28. The quantitative estimate of drug-likeness (QED) is 0.753. The summed E-state index contributed by atoms with van der Waals surface area (Å²) in [6, 6.07) is 15.4. The van der Waals surface area contributed by atoms with Crippen molar-refractivity contribution in [3.8, 4) is 5.75 Å². The van der Waals surface area contributed by atoms with Crippen molar-refractivity contribution in [3.05, 3.63) is 64.1 Å². The third-order valence-corrected chi connectivity index (χ3v) is 4.39. The topological polar surface area (TPSA) is 32.8 Å². The van der Waals surface area contributed by atoms with Gasteiger partial charge < -0.3 is 9.64 Å². The Morgan fingerprint density at radius 3 is 2.38 bits per heavy atom. The number of hydrogen-bond donors (Lipinski definition) is 0. The summed E-state index contributed by atoms with van der Waals surface area (Å²) in [5.74, 6) is 0.867. The van der Waals surface area contributed by atoms with Crippen LogP contribution in [-0.4, -0.2) is 44.0 Å². The van der Waals surface area contributed by atoms with E-state index in [0.29, 0.717) is 6.54 Å². The van der Waals surface area contributed by atoms with Crippen LogP contribution in [0.5, 0.6) is 5.75 Å². The van der Waals surface area contributed by atoms with Crippen molar-refractivity contribution in [2.45, 2.75) is 12.6 Å². The molecule has 0 saturated carbocycles. The highest BCUT2D eigenvalue weighted by atomic mass is 79.9. The molecule has 4 nitrogen and oxygen atoms in total. The van der Waals surface area contributed by atoms with Gasteiger partial charge in [-0.3, -0.25) is 9.69 Å². The average molecular weight is 391 g/mol. The van der Waals surface area contributed by atoms with Gasteiger partial charge in [0.2, 0.25) is 5.91 Å². The Hall–Kier alpha value is -1.85. The van der Waals surface area contributed by atoms with Gasteiger partial charge in [-0.1, -0.05) is 46.3 Å². The van der Waals surface area contributed by atoms with E-state index in [2.05, 4.69) is 15.9 Å². The monoisotopic (exact) mass is 390 g/mol. The molecule has 1 atom stereocenters. The second-order valence-electron chi connectivity index (χ2n) is 5.92. The first-order chi connectivity index (χ1) is 11.4. The molecule has 0 bridgehead atoms. The van der Waals surface area contributed by atoms with Crippen LogP contribution in [0.25, 0.3) is 0 Å². The minimum Gasteiger partial charge on any atom is -0.496 e. The van der Waals surface area contributed by atoms with Crippen LogP contribution >= 0.6 is 15.9 Å². The number of ether oxygens (including phenoxy) is 1. The molecule has 0 aliphatic carbocycles. The van der Waals surface area contributed by atoms with Gasteiger partial charge in [-0.25, -0.2) is 0 Å². The molecular formula is C19H23BrN2O2. The predicted octanol–water partition coefficient (Wildman–Crippen LogP) is 3.72. The summed E-state index contributed by atoms with van der Waals surface area (Å²) in [7, 11) is 7.18. The minimum atomic E-state index is -0.343. The van der Waals surface area contributed by atoms with Gasteiger partial charge in [-0.05, 0) is 30.8 Å². The smallest absolute Gasteiger partial charge is 0.244 e. The van der Waals surface area contributed by atoms with Gasteiger partial charge in [0.05, 0.1) is 7.11 Å². The number of amides is 1. The average Bonchev–Trinajstić information content (AvgIpc) is 2.56. The summed E-state index contributed by atoms with van der Waals surface area (Å²) < 4.78 is 6.44. The molecule has 24 heavy (non-hydrogen) atoms. The first kappa shape index (κ1) is 18.5. The molecule has 5 heteroatoms. The number of halogens is 1. The van der Waals surface area contributed by atoms with Gasteiger partial charge in [0, 0.05) is 30.7 Å². The van der Waals surface area contributed by atoms with Crippen molar-refractivity contribution in [2.24, 2.45) is 0 Å². The first-order valence-corrected chi connectivity index (χ1v) is 8.52. The lowest BCUT2D eigenvalue weighted by Gasteiger charge is -2.30. The number of likely N-dealkylation sites (N-methyl/N-ethyl adjacent to an activating group) is 2. The Bertz CT molecular complexity index is 689. The van der Waals surface area contributed by atoms with Gasteiger partial charge in [-0.15, -0.1) is 0 Å². The van der Waals surface area contributed by atoms with Crippen LogP contribution in [0.4, 0.5) is 0 Å². The van der Waals surface area contributed by atoms with Crippen molar-refractivity contribution in [2.75, 3.05) is 28.3 Å². The fraction of sp³-hybridized carbons (Fsp3) is 0.316. The lowest BCUT2D eigenvalue weighted by molar-refractivity contribution is -0.134. The fourth-order valence-corrected chi connectivity index (χ4v) is 3.10. The van der Waals surface area contributed by atoms with Crippen LogP contribution in [0.15, 0.2) is 53.0 Å². The van der Waals surface area contributed by atoms with Crippen LogP contribution in [0.3, 0.4) is 0 Å². The number of methoxy groups -OCH3 is 1. The fourth-order valence-electron chi connectivity index (χ4n) is 2.70. The van der Waals surface area contributed by atoms with Crippen LogP contribution in [0.1, 0.15) is 17.2 Å². The molecule has 2 aromatic rings. The maximum absolute atomic E-state index is 12.7. The number of benzene rings is 2.